The first-order valence-corrected chi connectivity index (χ1v) is 8.08. The minimum absolute atomic E-state index is 0.275. The molecule has 0 radical (unpaired) electrons. The Hall–Kier alpha value is -0.120. The molecule has 19 heavy (non-hydrogen) atoms. The molecular formula is C16H33N3. The monoisotopic (exact) mass is 267 g/mol. The van der Waals surface area contributed by atoms with Gasteiger partial charge in [-0.3, -0.25) is 4.90 Å². The molecule has 2 aliphatic rings. The SMILES string of the molecule is CC(C)N1CCCC(CN)(N2CCC(C)(C)C2)CC1. The van der Waals surface area contributed by atoms with Gasteiger partial charge >= 0.3 is 0 Å². The van der Waals surface area contributed by atoms with Crippen LogP contribution in [0.5, 0.6) is 0 Å². The van der Waals surface area contributed by atoms with E-state index in [-0.39, 0.29) is 5.54 Å². The third-order valence-corrected chi connectivity index (χ3v) is 5.41. The van der Waals surface area contributed by atoms with Crippen LogP contribution in [0.15, 0.2) is 0 Å². The molecule has 2 saturated heterocycles. The van der Waals surface area contributed by atoms with Crippen LogP contribution in [-0.2, 0) is 0 Å². The quantitative estimate of drug-likeness (QED) is 0.852. The van der Waals surface area contributed by atoms with E-state index < -0.39 is 0 Å². The Morgan fingerprint density at radius 1 is 1.05 bits per heavy atom. The average Bonchev–Trinajstić information content (AvgIpc) is 2.61. The number of likely N-dealkylation sites (tertiary alicyclic amines) is 2. The van der Waals surface area contributed by atoms with Gasteiger partial charge in [-0.25, -0.2) is 0 Å². The molecular weight excluding hydrogens is 234 g/mol. The van der Waals surface area contributed by atoms with Gasteiger partial charge in [0.15, 0.2) is 0 Å². The lowest BCUT2D eigenvalue weighted by Crippen LogP contribution is -2.53. The van der Waals surface area contributed by atoms with Crippen LogP contribution in [0.1, 0.15) is 53.4 Å². The summed E-state index contributed by atoms with van der Waals surface area (Å²) in [5.41, 5.74) is 6.99. The van der Waals surface area contributed by atoms with Gasteiger partial charge in [-0.2, -0.15) is 0 Å². The van der Waals surface area contributed by atoms with E-state index in [0.717, 1.165) is 6.54 Å². The molecule has 112 valence electrons. The highest BCUT2D eigenvalue weighted by Gasteiger charge is 2.42. The molecule has 2 fully saturated rings. The molecule has 0 aromatic carbocycles. The zero-order valence-electron chi connectivity index (χ0n) is 13.4. The Morgan fingerprint density at radius 2 is 1.79 bits per heavy atom. The van der Waals surface area contributed by atoms with E-state index in [0.29, 0.717) is 11.5 Å². The molecule has 0 saturated carbocycles. The fourth-order valence-electron chi connectivity index (χ4n) is 3.88. The smallest absolute Gasteiger partial charge is 0.0344 e. The predicted molar refractivity (Wildman–Crippen MR) is 82.3 cm³/mol. The minimum atomic E-state index is 0.275. The van der Waals surface area contributed by atoms with E-state index in [4.69, 9.17) is 5.73 Å². The lowest BCUT2D eigenvalue weighted by atomic mass is 9.87. The normalized spacial score (nSPS) is 33.8. The molecule has 0 spiro atoms. The van der Waals surface area contributed by atoms with E-state index in [1.165, 1.54) is 51.9 Å². The summed E-state index contributed by atoms with van der Waals surface area (Å²) in [4.78, 5) is 5.34. The maximum atomic E-state index is 6.24. The van der Waals surface area contributed by atoms with Crippen molar-refractivity contribution in [3.05, 3.63) is 0 Å². The second-order valence-corrected chi connectivity index (χ2v) is 7.75. The molecule has 0 amide bonds. The van der Waals surface area contributed by atoms with Crippen LogP contribution in [0.4, 0.5) is 0 Å². The minimum Gasteiger partial charge on any atom is -0.329 e. The molecule has 1 atom stereocenters. The van der Waals surface area contributed by atoms with E-state index >= 15 is 0 Å². The first-order valence-electron chi connectivity index (χ1n) is 8.08. The molecule has 2 rings (SSSR count). The summed E-state index contributed by atoms with van der Waals surface area (Å²) in [6, 6.07) is 0.670. The van der Waals surface area contributed by atoms with E-state index in [9.17, 15) is 0 Å². The molecule has 2 aliphatic heterocycles. The molecule has 0 bridgehead atoms. The summed E-state index contributed by atoms with van der Waals surface area (Å²) >= 11 is 0. The van der Waals surface area contributed by atoms with Crippen LogP contribution >= 0.6 is 0 Å². The first kappa shape index (κ1) is 15.3. The maximum absolute atomic E-state index is 6.24. The largest absolute Gasteiger partial charge is 0.329 e. The summed E-state index contributed by atoms with van der Waals surface area (Å²) < 4.78 is 0. The first-order chi connectivity index (χ1) is 8.88. The second-order valence-electron chi connectivity index (χ2n) is 7.75. The van der Waals surface area contributed by atoms with Crippen LogP contribution in [-0.4, -0.2) is 54.1 Å². The average molecular weight is 267 g/mol. The highest BCUT2D eigenvalue weighted by atomic mass is 15.3. The number of hydrogen-bond donors (Lipinski definition) is 1. The highest BCUT2D eigenvalue weighted by molar-refractivity contribution is 4.99. The van der Waals surface area contributed by atoms with Crippen molar-refractivity contribution >= 4 is 0 Å². The molecule has 0 aromatic heterocycles. The van der Waals surface area contributed by atoms with Crippen molar-refractivity contribution in [2.24, 2.45) is 11.1 Å². The maximum Gasteiger partial charge on any atom is 0.0344 e. The Kier molecular flexibility index (Phi) is 4.59. The van der Waals surface area contributed by atoms with Gasteiger partial charge in [-0.15, -0.1) is 0 Å². The molecule has 3 heteroatoms. The van der Waals surface area contributed by atoms with Gasteiger partial charge in [0.25, 0.3) is 0 Å². The summed E-state index contributed by atoms with van der Waals surface area (Å²) in [5, 5.41) is 0. The Labute approximate surface area is 119 Å². The highest BCUT2D eigenvalue weighted by Crippen LogP contribution is 2.38. The van der Waals surface area contributed by atoms with Crippen molar-refractivity contribution < 1.29 is 0 Å². The van der Waals surface area contributed by atoms with Gasteiger partial charge in [0.2, 0.25) is 0 Å². The van der Waals surface area contributed by atoms with E-state index in [2.05, 4.69) is 37.5 Å². The van der Waals surface area contributed by atoms with Crippen LogP contribution < -0.4 is 5.73 Å². The zero-order valence-corrected chi connectivity index (χ0v) is 13.4. The fourth-order valence-corrected chi connectivity index (χ4v) is 3.88. The lowest BCUT2D eigenvalue weighted by Gasteiger charge is -2.41. The van der Waals surface area contributed by atoms with Gasteiger partial charge in [0.05, 0.1) is 0 Å². The Balaban J connectivity index is 2.06. The van der Waals surface area contributed by atoms with Gasteiger partial charge in [-0.05, 0) is 58.0 Å². The molecule has 0 aromatic rings. The Morgan fingerprint density at radius 3 is 2.32 bits per heavy atom. The number of hydrogen-bond acceptors (Lipinski definition) is 3. The van der Waals surface area contributed by atoms with Crippen molar-refractivity contribution in [1.82, 2.24) is 9.80 Å². The summed E-state index contributed by atoms with van der Waals surface area (Å²) in [5.74, 6) is 0. The van der Waals surface area contributed by atoms with Crippen LogP contribution in [0.3, 0.4) is 0 Å². The van der Waals surface area contributed by atoms with Crippen LogP contribution in [0, 0.1) is 5.41 Å². The molecule has 3 nitrogen and oxygen atoms in total. The summed E-state index contributed by atoms with van der Waals surface area (Å²) in [6.45, 7) is 15.2. The lowest BCUT2D eigenvalue weighted by molar-refractivity contribution is 0.0920. The number of nitrogens with zero attached hydrogens (tertiary/aromatic N) is 2. The molecule has 1 unspecified atom stereocenters. The van der Waals surface area contributed by atoms with Gasteiger partial charge < -0.3 is 10.6 Å². The number of rotatable bonds is 3. The van der Waals surface area contributed by atoms with Crippen molar-refractivity contribution in [3.63, 3.8) is 0 Å². The van der Waals surface area contributed by atoms with Crippen LogP contribution in [0.2, 0.25) is 0 Å². The van der Waals surface area contributed by atoms with Crippen molar-refractivity contribution in [1.29, 1.82) is 0 Å². The topological polar surface area (TPSA) is 32.5 Å². The van der Waals surface area contributed by atoms with Crippen molar-refractivity contribution in [2.75, 3.05) is 32.7 Å². The van der Waals surface area contributed by atoms with Gasteiger partial charge in [0.1, 0.15) is 0 Å². The standard InChI is InChI=1S/C16H33N3/c1-14(2)18-9-5-6-16(12-17,8-10-18)19-11-7-15(3,4)13-19/h14H,5-13,17H2,1-4H3. The van der Waals surface area contributed by atoms with Gasteiger partial charge in [0, 0.05) is 31.2 Å². The van der Waals surface area contributed by atoms with Crippen molar-refractivity contribution in [3.8, 4) is 0 Å². The summed E-state index contributed by atoms with van der Waals surface area (Å²) in [7, 11) is 0. The second kappa shape index (κ2) is 5.71. The number of nitrogens with two attached hydrogens (primary N) is 1. The van der Waals surface area contributed by atoms with Crippen LogP contribution in [0.25, 0.3) is 0 Å². The summed E-state index contributed by atoms with van der Waals surface area (Å²) in [6.07, 6.45) is 5.15. The predicted octanol–water partition coefficient (Wildman–Crippen LogP) is 2.31. The zero-order chi connectivity index (χ0) is 14.1. The van der Waals surface area contributed by atoms with Crippen molar-refractivity contribution in [2.45, 2.75) is 65.0 Å². The molecule has 2 N–H and O–H groups in total. The van der Waals surface area contributed by atoms with Gasteiger partial charge in [-0.1, -0.05) is 13.8 Å². The molecule has 2 heterocycles. The Bertz CT molecular complexity index is 300. The third-order valence-electron chi connectivity index (χ3n) is 5.41. The molecule has 0 aliphatic carbocycles. The third kappa shape index (κ3) is 3.32. The van der Waals surface area contributed by atoms with E-state index in [1.807, 2.05) is 0 Å². The van der Waals surface area contributed by atoms with E-state index in [1.54, 1.807) is 0 Å². The fraction of sp³-hybridized carbons (Fsp3) is 1.00.